The average Bonchev–Trinajstić information content (AvgIpc) is 3.44. The molecule has 0 aliphatic carbocycles. The first-order valence-electron chi connectivity index (χ1n) is 11.1. The second kappa shape index (κ2) is 8.83. The highest BCUT2D eigenvalue weighted by Crippen LogP contribution is 2.30. The van der Waals surface area contributed by atoms with Crippen LogP contribution in [0.2, 0.25) is 0 Å². The van der Waals surface area contributed by atoms with Crippen molar-refractivity contribution in [2.75, 3.05) is 7.11 Å². The van der Waals surface area contributed by atoms with Crippen LogP contribution in [0.4, 0.5) is 0 Å². The fourth-order valence-corrected chi connectivity index (χ4v) is 4.35. The minimum Gasteiger partial charge on any atom is -0.495 e. The van der Waals surface area contributed by atoms with Crippen molar-refractivity contribution in [1.29, 1.82) is 0 Å². The third-order valence-electron chi connectivity index (χ3n) is 5.95. The summed E-state index contributed by atoms with van der Waals surface area (Å²) < 4.78 is 9.68. The Morgan fingerprint density at radius 2 is 2.00 bits per heavy atom. The Balaban J connectivity index is 1.36. The molecule has 0 bridgehead atoms. The molecular formula is C26H27N5O. The van der Waals surface area contributed by atoms with Crippen LogP contribution in [0.5, 0.6) is 5.75 Å². The van der Waals surface area contributed by atoms with Crippen molar-refractivity contribution in [1.82, 2.24) is 24.3 Å². The monoisotopic (exact) mass is 425 g/mol. The molecule has 1 aliphatic rings. The highest BCUT2D eigenvalue weighted by atomic mass is 16.5. The lowest BCUT2D eigenvalue weighted by molar-refractivity contribution is 0.413. The van der Waals surface area contributed by atoms with E-state index in [0.717, 1.165) is 60.2 Å². The van der Waals surface area contributed by atoms with Gasteiger partial charge in [-0.3, -0.25) is 0 Å². The van der Waals surface area contributed by atoms with Gasteiger partial charge >= 0.3 is 0 Å². The standard InChI is InChI=1S/C26H27N5O/c1-19-17-30(18-27-19)23-12-10-21(16-24(23)32-2)11-13-25-28-26-22(9-6-14-31(26)29-25)15-20-7-4-3-5-8-20/h3-5,7-8,10-13,16-18,22H,6,9,14-15H2,1-2H3/t22-/m1/s1. The van der Waals surface area contributed by atoms with Crippen molar-refractivity contribution >= 4 is 12.2 Å². The number of aryl methyl sites for hydroxylation is 2. The van der Waals surface area contributed by atoms with Crippen LogP contribution in [0.1, 0.15) is 47.2 Å². The summed E-state index contributed by atoms with van der Waals surface area (Å²) >= 11 is 0. The minimum absolute atomic E-state index is 0.416. The SMILES string of the molecule is COc1cc(C=Cc2nc3n(n2)CCC[C@@H]3Cc2ccccc2)ccc1-n1cnc(C)c1. The molecule has 2 aromatic carbocycles. The van der Waals surface area contributed by atoms with Crippen molar-refractivity contribution in [3.8, 4) is 11.4 Å². The van der Waals surface area contributed by atoms with Crippen LogP contribution in [0, 0.1) is 6.92 Å². The number of methoxy groups -OCH3 is 1. The Morgan fingerprint density at radius 1 is 1.12 bits per heavy atom. The van der Waals surface area contributed by atoms with Gasteiger partial charge in [-0.1, -0.05) is 42.5 Å². The van der Waals surface area contributed by atoms with Crippen LogP contribution in [0.25, 0.3) is 17.8 Å². The van der Waals surface area contributed by atoms with E-state index in [1.165, 1.54) is 5.56 Å². The van der Waals surface area contributed by atoms with Crippen LogP contribution in [0.15, 0.2) is 61.1 Å². The predicted octanol–water partition coefficient (Wildman–Crippen LogP) is 5.07. The van der Waals surface area contributed by atoms with E-state index in [-0.39, 0.29) is 0 Å². The molecule has 0 unspecified atom stereocenters. The topological polar surface area (TPSA) is 57.8 Å². The summed E-state index contributed by atoms with van der Waals surface area (Å²) in [5.41, 5.74) is 4.32. The quantitative estimate of drug-likeness (QED) is 0.433. The molecule has 162 valence electrons. The van der Waals surface area contributed by atoms with Gasteiger partial charge in [-0.05, 0) is 55.5 Å². The fraction of sp³-hybridized carbons (Fsp3) is 0.269. The summed E-state index contributed by atoms with van der Waals surface area (Å²) in [6, 6.07) is 16.8. The van der Waals surface area contributed by atoms with E-state index < -0.39 is 0 Å². The van der Waals surface area contributed by atoms with Gasteiger partial charge < -0.3 is 9.30 Å². The molecule has 2 aromatic heterocycles. The van der Waals surface area contributed by atoms with E-state index in [9.17, 15) is 0 Å². The molecule has 0 radical (unpaired) electrons. The summed E-state index contributed by atoms with van der Waals surface area (Å²) in [5, 5.41) is 4.74. The molecule has 1 aliphatic heterocycles. The Hall–Kier alpha value is -3.67. The van der Waals surface area contributed by atoms with Crippen molar-refractivity contribution in [2.45, 2.75) is 38.6 Å². The molecular weight excluding hydrogens is 398 g/mol. The maximum Gasteiger partial charge on any atom is 0.174 e. The van der Waals surface area contributed by atoms with Gasteiger partial charge in [0.2, 0.25) is 0 Å². The zero-order valence-corrected chi connectivity index (χ0v) is 18.5. The Bertz CT molecular complexity index is 1240. The lowest BCUT2D eigenvalue weighted by atomic mass is 9.92. The maximum absolute atomic E-state index is 5.62. The van der Waals surface area contributed by atoms with Gasteiger partial charge in [0.1, 0.15) is 11.6 Å². The van der Waals surface area contributed by atoms with Gasteiger partial charge in [-0.25, -0.2) is 14.6 Å². The van der Waals surface area contributed by atoms with Crippen LogP contribution >= 0.6 is 0 Å². The van der Waals surface area contributed by atoms with Gasteiger partial charge in [-0.2, -0.15) is 5.10 Å². The number of nitrogens with zero attached hydrogens (tertiary/aromatic N) is 5. The second-order valence-electron chi connectivity index (χ2n) is 8.27. The fourth-order valence-electron chi connectivity index (χ4n) is 4.35. The van der Waals surface area contributed by atoms with Crippen molar-refractivity contribution in [2.24, 2.45) is 0 Å². The van der Waals surface area contributed by atoms with Crippen LogP contribution < -0.4 is 4.74 Å². The van der Waals surface area contributed by atoms with E-state index in [1.807, 2.05) is 42.0 Å². The number of aromatic nitrogens is 5. The second-order valence-corrected chi connectivity index (χ2v) is 8.27. The number of rotatable bonds is 6. The lowest BCUT2D eigenvalue weighted by Crippen LogP contribution is -2.18. The van der Waals surface area contributed by atoms with Gasteiger partial charge in [0.15, 0.2) is 5.82 Å². The molecule has 6 nitrogen and oxygen atoms in total. The third-order valence-corrected chi connectivity index (χ3v) is 5.95. The number of benzene rings is 2. The van der Waals surface area contributed by atoms with Crippen LogP contribution in [-0.2, 0) is 13.0 Å². The van der Waals surface area contributed by atoms with Crippen molar-refractivity contribution in [3.63, 3.8) is 0 Å². The molecule has 0 fully saturated rings. The largest absolute Gasteiger partial charge is 0.495 e. The number of hydrogen-bond donors (Lipinski definition) is 0. The number of fused-ring (bicyclic) bond motifs is 1. The Morgan fingerprint density at radius 3 is 2.78 bits per heavy atom. The van der Waals surface area contributed by atoms with Crippen molar-refractivity contribution < 1.29 is 4.74 Å². The first-order valence-corrected chi connectivity index (χ1v) is 11.1. The maximum atomic E-state index is 5.62. The number of imidazole rings is 1. The molecule has 6 heteroatoms. The van der Waals surface area contributed by atoms with Gasteiger partial charge in [0.05, 0.1) is 24.8 Å². The van der Waals surface area contributed by atoms with Crippen molar-refractivity contribution in [3.05, 3.63) is 89.5 Å². The zero-order chi connectivity index (χ0) is 21.9. The van der Waals surface area contributed by atoms with Gasteiger partial charge in [0.25, 0.3) is 0 Å². The van der Waals surface area contributed by atoms with Crippen LogP contribution in [0.3, 0.4) is 0 Å². The summed E-state index contributed by atoms with van der Waals surface area (Å²) in [5.74, 6) is 3.07. The molecule has 1 atom stereocenters. The Labute approximate surface area is 188 Å². The first-order chi connectivity index (χ1) is 15.7. The normalized spacial score (nSPS) is 15.8. The summed E-state index contributed by atoms with van der Waals surface area (Å²) in [7, 11) is 1.69. The zero-order valence-electron chi connectivity index (χ0n) is 18.5. The smallest absolute Gasteiger partial charge is 0.174 e. The lowest BCUT2D eigenvalue weighted by Gasteiger charge is -2.22. The summed E-state index contributed by atoms with van der Waals surface area (Å²) in [6.07, 6.45) is 11.1. The summed E-state index contributed by atoms with van der Waals surface area (Å²) in [4.78, 5) is 9.18. The first kappa shape index (κ1) is 20.2. The molecule has 0 N–H and O–H groups in total. The molecule has 0 saturated carbocycles. The molecule has 0 spiro atoms. The van der Waals surface area contributed by atoms with E-state index in [4.69, 9.17) is 14.8 Å². The highest BCUT2D eigenvalue weighted by Gasteiger charge is 2.24. The molecule has 0 amide bonds. The molecule has 3 heterocycles. The average molecular weight is 426 g/mol. The summed E-state index contributed by atoms with van der Waals surface area (Å²) in [6.45, 7) is 2.91. The molecule has 32 heavy (non-hydrogen) atoms. The minimum atomic E-state index is 0.416. The van der Waals surface area contributed by atoms with E-state index in [0.29, 0.717) is 5.92 Å². The van der Waals surface area contributed by atoms with E-state index in [2.05, 4.69) is 46.1 Å². The van der Waals surface area contributed by atoms with Gasteiger partial charge in [-0.15, -0.1) is 0 Å². The van der Waals surface area contributed by atoms with Crippen LogP contribution in [-0.4, -0.2) is 31.4 Å². The molecule has 5 rings (SSSR count). The number of hydrogen-bond acceptors (Lipinski definition) is 4. The third kappa shape index (κ3) is 4.21. The highest BCUT2D eigenvalue weighted by molar-refractivity contribution is 5.69. The molecule has 0 saturated heterocycles. The molecule has 4 aromatic rings. The Kier molecular flexibility index (Phi) is 5.58. The number of ether oxygens (including phenoxy) is 1. The van der Waals surface area contributed by atoms with Gasteiger partial charge in [0, 0.05) is 18.7 Å². The predicted molar refractivity (Wildman–Crippen MR) is 126 cm³/mol. The van der Waals surface area contributed by atoms with E-state index in [1.54, 1.807) is 13.4 Å². The van der Waals surface area contributed by atoms with E-state index >= 15 is 0 Å².